The fraction of sp³-hybridized carbons (Fsp3) is 0.438. The first-order valence-electron chi connectivity index (χ1n) is 14.3. The summed E-state index contributed by atoms with van der Waals surface area (Å²) in [5.41, 5.74) is 1.18. The van der Waals surface area contributed by atoms with Crippen LogP contribution in [0.15, 0.2) is 66.7 Å². The molecule has 8 heteroatoms. The predicted molar refractivity (Wildman–Crippen MR) is 148 cm³/mol. The highest BCUT2D eigenvalue weighted by Gasteiger charge is 2.47. The molecule has 0 bridgehead atoms. The number of nitrogens with one attached hydrogen (secondary N) is 1. The number of benzene rings is 2. The zero-order valence-electron chi connectivity index (χ0n) is 22.6. The molecule has 0 spiro atoms. The van der Waals surface area contributed by atoms with Gasteiger partial charge < -0.3 is 10.2 Å². The first-order chi connectivity index (χ1) is 19.4. The van der Waals surface area contributed by atoms with E-state index in [2.05, 4.69) is 5.32 Å². The van der Waals surface area contributed by atoms with Gasteiger partial charge in [-0.1, -0.05) is 73.5 Å². The summed E-state index contributed by atoms with van der Waals surface area (Å²) in [6, 6.07) is 14.8. The van der Waals surface area contributed by atoms with Crippen LogP contribution in [0.3, 0.4) is 0 Å². The second-order valence-corrected chi connectivity index (χ2v) is 11.0. The number of likely N-dealkylation sites (tertiary alicyclic amines) is 1. The molecule has 40 heavy (non-hydrogen) atoms. The highest BCUT2D eigenvalue weighted by molar-refractivity contribution is 6.05. The van der Waals surface area contributed by atoms with E-state index in [1.54, 1.807) is 18.2 Å². The molecule has 2 aliphatic carbocycles. The van der Waals surface area contributed by atoms with E-state index in [0.717, 1.165) is 31.2 Å². The summed E-state index contributed by atoms with van der Waals surface area (Å²) in [6.07, 6.45) is 8.89. The molecule has 4 amide bonds. The van der Waals surface area contributed by atoms with E-state index in [0.29, 0.717) is 18.4 Å². The molecule has 210 valence electrons. The predicted octanol–water partition coefficient (Wildman–Crippen LogP) is 4.17. The van der Waals surface area contributed by atoms with Crippen LogP contribution >= 0.6 is 0 Å². The molecule has 7 nitrogen and oxygen atoms in total. The third kappa shape index (κ3) is 6.16. The van der Waals surface area contributed by atoms with Crippen molar-refractivity contribution in [2.75, 3.05) is 6.54 Å². The van der Waals surface area contributed by atoms with Crippen molar-refractivity contribution in [1.29, 1.82) is 0 Å². The van der Waals surface area contributed by atoms with E-state index in [1.165, 1.54) is 15.9 Å². The third-order valence-electron chi connectivity index (χ3n) is 8.42. The number of amides is 4. The number of rotatable bonds is 10. The van der Waals surface area contributed by atoms with Crippen molar-refractivity contribution >= 4 is 23.6 Å². The summed E-state index contributed by atoms with van der Waals surface area (Å²) in [5, 5.41) is 3.13. The molecule has 0 aromatic heterocycles. The van der Waals surface area contributed by atoms with Gasteiger partial charge >= 0.3 is 0 Å². The standard InChI is InChI=1S/C32H36FN3O4/c33-27-17-9-4-12-23(27)21-36(29(37)18-19-35-31(39)25-15-7-8-16-26(25)32(35)40)28(20-22-10-2-1-3-11-22)30(38)34-24-13-5-6-14-24/h1-4,7-12,17,24-26,28H,5-6,13-16,18-21H2,(H,34,38)/t25-,26+,28-/m0/s1. The van der Waals surface area contributed by atoms with E-state index in [-0.39, 0.29) is 61.5 Å². The molecule has 3 atom stereocenters. The van der Waals surface area contributed by atoms with Crippen LogP contribution in [-0.2, 0) is 32.1 Å². The van der Waals surface area contributed by atoms with Gasteiger partial charge in [0.15, 0.2) is 0 Å². The van der Waals surface area contributed by atoms with Crippen molar-refractivity contribution in [3.8, 4) is 0 Å². The van der Waals surface area contributed by atoms with Crippen LogP contribution in [0.1, 0.15) is 56.1 Å². The molecule has 1 saturated carbocycles. The van der Waals surface area contributed by atoms with Gasteiger partial charge in [-0.2, -0.15) is 0 Å². The van der Waals surface area contributed by atoms with Crippen LogP contribution in [0.4, 0.5) is 4.39 Å². The number of carbonyl (C=O) groups excluding carboxylic acids is 4. The number of nitrogens with zero attached hydrogens (tertiary/aromatic N) is 2. The Hall–Kier alpha value is -3.81. The Morgan fingerprint density at radius 3 is 2.20 bits per heavy atom. The first-order valence-corrected chi connectivity index (χ1v) is 14.3. The molecule has 2 aromatic carbocycles. The summed E-state index contributed by atoms with van der Waals surface area (Å²) in [6.45, 7) is -0.155. The van der Waals surface area contributed by atoms with E-state index < -0.39 is 17.8 Å². The number of hydrogen-bond acceptors (Lipinski definition) is 4. The number of hydrogen-bond donors (Lipinski definition) is 1. The lowest BCUT2D eigenvalue weighted by Gasteiger charge is -2.33. The van der Waals surface area contributed by atoms with Gasteiger partial charge in [-0.05, 0) is 37.3 Å². The summed E-state index contributed by atoms with van der Waals surface area (Å²) >= 11 is 0. The van der Waals surface area contributed by atoms with Crippen LogP contribution < -0.4 is 5.32 Å². The fourth-order valence-electron chi connectivity index (χ4n) is 6.17. The summed E-state index contributed by atoms with van der Waals surface area (Å²) in [7, 11) is 0. The maximum absolute atomic E-state index is 14.8. The van der Waals surface area contributed by atoms with E-state index in [4.69, 9.17) is 0 Å². The van der Waals surface area contributed by atoms with Crippen LogP contribution in [-0.4, -0.2) is 52.1 Å². The number of halogens is 1. The average Bonchev–Trinajstić information content (AvgIpc) is 3.57. The molecular formula is C32H36FN3O4. The topological polar surface area (TPSA) is 86.8 Å². The Kier molecular flexibility index (Phi) is 8.72. The summed E-state index contributed by atoms with van der Waals surface area (Å²) < 4.78 is 14.8. The number of carbonyl (C=O) groups is 4. The smallest absolute Gasteiger partial charge is 0.243 e. The quantitative estimate of drug-likeness (QED) is 0.359. The van der Waals surface area contributed by atoms with Gasteiger partial charge in [-0.25, -0.2) is 4.39 Å². The molecule has 3 aliphatic rings. The van der Waals surface area contributed by atoms with Crippen molar-refractivity contribution in [2.45, 2.75) is 70.0 Å². The van der Waals surface area contributed by atoms with Crippen LogP contribution in [0.2, 0.25) is 0 Å². The van der Waals surface area contributed by atoms with Gasteiger partial charge in [0.1, 0.15) is 11.9 Å². The second-order valence-electron chi connectivity index (χ2n) is 11.0. The molecule has 0 unspecified atom stereocenters. The monoisotopic (exact) mass is 545 g/mol. The van der Waals surface area contributed by atoms with Crippen molar-refractivity contribution < 1.29 is 23.6 Å². The molecule has 2 fully saturated rings. The maximum Gasteiger partial charge on any atom is 0.243 e. The third-order valence-corrected chi connectivity index (χ3v) is 8.42. The highest BCUT2D eigenvalue weighted by Crippen LogP contribution is 2.35. The van der Waals surface area contributed by atoms with Gasteiger partial charge in [0.05, 0.1) is 11.8 Å². The minimum Gasteiger partial charge on any atom is -0.352 e. The Labute approximate surface area is 234 Å². The fourth-order valence-corrected chi connectivity index (χ4v) is 6.17. The van der Waals surface area contributed by atoms with Crippen LogP contribution in [0.5, 0.6) is 0 Å². The lowest BCUT2D eigenvalue weighted by Crippen LogP contribution is -2.52. The molecule has 0 radical (unpaired) electrons. The zero-order valence-corrected chi connectivity index (χ0v) is 22.6. The number of fused-ring (bicyclic) bond motifs is 1. The van der Waals surface area contributed by atoms with Crippen molar-refractivity contribution in [3.05, 3.63) is 83.7 Å². The van der Waals surface area contributed by atoms with E-state index >= 15 is 0 Å². The molecular weight excluding hydrogens is 509 g/mol. The van der Waals surface area contributed by atoms with Crippen molar-refractivity contribution in [3.63, 3.8) is 0 Å². The lowest BCUT2D eigenvalue weighted by molar-refractivity contribution is -0.144. The molecule has 5 rings (SSSR count). The Balaban J connectivity index is 1.39. The Morgan fingerprint density at radius 2 is 1.55 bits per heavy atom. The summed E-state index contributed by atoms with van der Waals surface area (Å²) in [5.74, 6) is -2.36. The highest BCUT2D eigenvalue weighted by atomic mass is 19.1. The number of allylic oxidation sites excluding steroid dienone is 2. The summed E-state index contributed by atoms with van der Waals surface area (Å²) in [4.78, 5) is 56.2. The molecule has 1 aliphatic heterocycles. The molecule has 2 aromatic rings. The maximum atomic E-state index is 14.8. The largest absolute Gasteiger partial charge is 0.352 e. The van der Waals surface area contributed by atoms with Crippen molar-refractivity contribution in [2.24, 2.45) is 11.8 Å². The van der Waals surface area contributed by atoms with Crippen molar-refractivity contribution in [1.82, 2.24) is 15.1 Å². The van der Waals surface area contributed by atoms with Gasteiger partial charge in [-0.3, -0.25) is 24.1 Å². The van der Waals surface area contributed by atoms with E-state index in [1.807, 2.05) is 42.5 Å². The zero-order chi connectivity index (χ0) is 28.1. The van der Waals surface area contributed by atoms with Gasteiger partial charge in [0.2, 0.25) is 23.6 Å². The second kappa shape index (κ2) is 12.6. The normalized spacial score (nSPS) is 21.4. The minimum absolute atomic E-state index is 0.0491. The van der Waals surface area contributed by atoms with Crippen LogP contribution in [0.25, 0.3) is 0 Å². The Morgan fingerprint density at radius 1 is 0.925 bits per heavy atom. The first kappa shape index (κ1) is 27.7. The van der Waals surface area contributed by atoms with E-state index in [9.17, 15) is 23.6 Å². The minimum atomic E-state index is -0.883. The molecule has 1 heterocycles. The SMILES string of the molecule is O=C(NC1CCCC1)[C@H](Cc1ccccc1)N(Cc1ccccc1F)C(=O)CCN1C(=O)[C@H]2CC=CC[C@H]2C1=O. The Bertz CT molecular complexity index is 1250. The molecule has 1 saturated heterocycles. The molecule has 1 N–H and O–H groups in total. The van der Waals surface area contributed by atoms with Gasteiger partial charge in [-0.15, -0.1) is 0 Å². The van der Waals surface area contributed by atoms with Gasteiger partial charge in [0.25, 0.3) is 0 Å². The number of imide groups is 1. The average molecular weight is 546 g/mol. The van der Waals surface area contributed by atoms with Gasteiger partial charge in [0, 0.05) is 37.5 Å². The van der Waals surface area contributed by atoms with Crippen LogP contribution in [0, 0.1) is 17.7 Å². The lowest BCUT2D eigenvalue weighted by atomic mass is 9.85.